The summed E-state index contributed by atoms with van der Waals surface area (Å²) in [4.78, 5) is 47.3. The smallest absolute Gasteiger partial charge is 0.280 e. The van der Waals surface area contributed by atoms with Crippen LogP contribution in [0.2, 0.25) is 0 Å². The lowest BCUT2D eigenvalue weighted by Crippen LogP contribution is -2.44. The Bertz CT molecular complexity index is 1230. The lowest BCUT2D eigenvalue weighted by Gasteiger charge is -2.28. The van der Waals surface area contributed by atoms with Gasteiger partial charge in [-0.2, -0.15) is 5.01 Å². The minimum absolute atomic E-state index is 0.0796. The van der Waals surface area contributed by atoms with Crippen molar-refractivity contribution in [1.82, 2.24) is 5.01 Å². The van der Waals surface area contributed by atoms with Crippen LogP contribution in [0.4, 0.5) is 17.1 Å². The highest BCUT2D eigenvalue weighted by Crippen LogP contribution is 2.36. The van der Waals surface area contributed by atoms with Gasteiger partial charge in [0.05, 0.1) is 26.7 Å². The first kappa shape index (κ1) is 19.0. The third-order valence-electron chi connectivity index (χ3n) is 5.06. The Morgan fingerprint density at radius 1 is 0.800 bits per heavy atom. The first-order valence-electron chi connectivity index (χ1n) is 8.80. The third kappa shape index (κ3) is 2.91. The van der Waals surface area contributed by atoms with Crippen LogP contribution >= 0.6 is 0 Å². The largest absolute Gasteiger partial charge is 0.288 e. The predicted octanol–water partition coefficient (Wildman–Crippen LogP) is 3.90. The summed E-state index contributed by atoms with van der Waals surface area (Å²) < 4.78 is 0. The van der Waals surface area contributed by atoms with Crippen molar-refractivity contribution in [2.75, 3.05) is 5.43 Å². The number of benzene rings is 3. The fourth-order valence-corrected chi connectivity index (χ4v) is 3.41. The number of hydrazine groups is 1. The number of carbonyl (C=O) groups excluding carboxylic acids is 2. The number of hydrogen-bond donors (Lipinski definition) is 1. The van der Waals surface area contributed by atoms with E-state index in [0.29, 0.717) is 10.7 Å². The number of nitrogens with one attached hydrogen (secondary N) is 1. The van der Waals surface area contributed by atoms with Crippen molar-refractivity contribution in [3.05, 3.63) is 84.9 Å². The van der Waals surface area contributed by atoms with Gasteiger partial charge in [-0.15, -0.1) is 0 Å². The molecule has 0 atom stereocenters. The summed E-state index contributed by atoms with van der Waals surface area (Å²) in [5.74, 6) is -1.57. The summed E-state index contributed by atoms with van der Waals surface area (Å²) in [6.07, 6.45) is 0. The van der Waals surface area contributed by atoms with E-state index in [0.717, 1.165) is 35.4 Å². The molecular formula is C20H14N4O6. The van der Waals surface area contributed by atoms with E-state index in [9.17, 15) is 29.8 Å². The minimum atomic E-state index is -0.784. The molecule has 1 N–H and O–H groups in total. The van der Waals surface area contributed by atoms with Gasteiger partial charge in [0.25, 0.3) is 23.2 Å². The van der Waals surface area contributed by atoms with Gasteiger partial charge in [0.1, 0.15) is 0 Å². The fourth-order valence-electron chi connectivity index (χ4n) is 3.41. The highest BCUT2D eigenvalue weighted by Gasteiger charge is 2.36. The summed E-state index contributed by atoms with van der Waals surface area (Å²) in [5.41, 5.74) is 4.14. The van der Waals surface area contributed by atoms with Crippen LogP contribution in [0, 0.1) is 34.1 Å². The molecule has 30 heavy (non-hydrogen) atoms. The van der Waals surface area contributed by atoms with Gasteiger partial charge in [-0.05, 0) is 42.5 Å². The van der Waals surface area contributed by atoms with Gasteiger partial charge >= 0.3 is 0 Å². The van der Waals surface area contributed by atoms with E-state index in [2.05, 4.69) is 5.43 Å². The number of anilines is 1. The second kappa shape index (κ2) is 6.62. The number of rotatable bonds is 4. The molecule has 1 aliphatic heterocycles. The van der Waals surface area contributed by atoms with E-state index in [1.54, 1.807) is 18.2 Å². The maximum absolute atomic E-state index is 13.0. The number of carbonyl (C=O) groups is 2. The average Bonchev–Trinajstić information content (AvgIpc) is 2.70. The number of nitro benzene ring substituents is 2. The summed E-state index contributed by atoms with van der Waals surface area (Å²) >= 11 is 0. The van der Waals surface area contributed by atoms with Gasteiger partial charge in [-0.25, -0.2) is 0 Å². The number of imide groups is 1. The van der Waals surface area contributed by atoms with Crippen LogP contribution in [-0.4, -0.2) is 26.7 Å². The molecule has 0 spiro atoms. The molecule has 1 aliphatic rings. The van der Waals surface area contributed by atoms with Crippen molar-refractivity contribution in [3.8, 4) is 0 Å². The maximum Gasteiger partial charge on any atom is 0.280 e. The van der Waals surface area contributed by atoms with Gasteiger partial charge in [-0.1, -0.05) is 6.07 Å². The van der Waals surface area contributed by atoms with E-state index in [1.165, 1.54) is 0 Å². The lowest BCUT2D eigenvalue weighted by atomic mass is 9.93. The number of amides is 2. The molecule has 1 heterocycles. The highest BCUT2D eigenvalue weighted by atomic mass is 16.6. The zero-order valence-corrected chi connectivity index (χ0v) is 15.8. The third-order valence-corrected chi connectivity index (χ3v) is 5.06. The van der Waals surface area contributed by atoms with Crippen molar-refractivity contribution in [3.63, 3.8) is 0 Å². The first-order chi connectivity index (χ1) is 14.2. The molecular weight excluding hydrogens is 392 g/mol. The second-order valence-electron chi connectivity index (χ2n) is 6.96. The average molecular weight is 406 g/mol. The first-order valence-corrected chi connectivity index (χ1v) is 8.80. The molecule has 0 fully saturated rings. The SMILES string of the molecule is Cc1ccc(NN2C(=O)c3cc([N+](=O)[O-])cc4cc([N+](=O)[O-])cc(c34)C2=O)cc1C. The molecule has 0 unspecified atom stereocenters. The van der Waals surface area contributed by atoms with Crippen LogP contribution < -0.4 is 5.43 Å². The van der Waals surface area contributed by atoms with Crippen LogP contribution in [0.25, 0.3) is 10.8 Å². The van der Waals surface area contributed by atoms with Crippen LogP contribution in [-0.2, 0) is 0 Å². The summed E-state index contributed by atoms with van der Waals surface area (Å²) in [6.45, 7) is 3.77. The minimum Gasteiger partial charge on any atom is -0.288 e. The summed E-state index contributed by atoms with van der Waals surface area (Å²) in [5, 5.41) is 23.6. The quantitative estimate of drug-likeness (QED) is 0.394. The van der Waals surface area contributed by atoms with E-state index < -0.39 is 33.0 Å². The van der Waals surface area contributed by atoms with Crippen molar-refractivity contribution < 1.29 is 19.4 Å². The molecule has 0 radical (unpaired) electrons. The lowest BCUT2D eigenvalue weighted by molar-refractivity contribution is -0.385. The Labute approximate surface area is 169 Å². The molecule has 0 aromatic heterocycles. The Hall–Kier alpha value is -4.34. The normalized spacial score (nSPS) is 12.9. The topological polar surface area (TPSA) is 136 Å². The molecule has 2 amide bonds. The van der Waals surface area contributed by atoms with Gasteiger partial charge in [0.15, 0.2) is 0 Å². The zero-order valence-electron chi connectivity index (χ0n) is 15.8. The van der Waals surface area contributed by atoms with Gasteiger partial charge in [0.2, 0.25) is 0 Å². The molecule has 150 valence electrons. The molecule has 3 aromatic rings. The van der Waals surface area contributed by atoms with Gasteiger partial charge in [-0.3, -0.25) is 35.2 Å². The van der Waals surface area contributed by atoms with Gasteiger partial charge < -0.3 is 0 Å². The predicted molar refractivity (Wildman–Crippen MR) is 107 cm³/mol. The van der Waals surface area contributed by atoms with Crippen LogP contribution in [0.15, 0.2) is 42.5 Å². The number of nitro groups is 2. The van der Waals surface area contributed by atoms with Gasteiger partial charge in [0, 0.05) is 29.7 Å². The van der Waals surface area contributed by atoms with E-state index >= 15 is 0 Å². The molecule has 0 bridgehead atoms. The van der Waals surface area contributed by atoms with Crippen LogP contribution in [0.1, 0.15) is 31.8 Å². The monoisotopic (exact) mass is 406 g/mol. The zero-order chi connectivity index (χ0) is 21.7. The highest BCUT2D eigenvalue weighted by molar-refractivity contribution is 6.26. The number of hydrogen-bond acceptors (Lipinski definition) is 7. The standard InChI is InChI=1S/C20H14N4O6/c1-10-3-4-13(5-11(10)2)21-22-19(25)16-8-14(23(27)28)6-12-7-15(24(29)30)9-17(18(12)16)20(22)26/h3-9,21H,1-2H3. The van der Waals surface area contributed by atoms with Crippen molar-refractivity contribution >= 4 is 39.6 Å². The molecule has 0 saturated carbocycles. The molecule has 10 heteroatoms. The Morgan fingerprint density at radius 3 is 1.80 bits per heavy atom. The van der Waals surface area contributed by atoms with Crippen LogP contribution in [0.3, 0.4) is 0 Å². The molecule has 0 saturated heterocycles. The maximum atomic E-state index is 13.0. The number of nitrogens with zero attached hydrogens (tertiary/aromatic N) is 3. The number of non-ortho nitro benzene ring substituents is 2. The Balaban J connectivity index is 1.92. The molecule has 3 aromatic carbocycles. The van der Waals surface area contributed by atoms with E-state index in [-0.39, 0.29) is 21.9 Å². The van der Waals surface area contributed by atoms with Crippen molar-refractivity contribution in [2.45, 2.75) is 13.8 Å². The fraction of sp³-hybridized carbons (Fsp3) is 0.100. The van der Waals surface area contributed by atoms with Crippen LogP contribution in [0.5, 0.6) is 0 Å². The Morgan fingerprint density at radius 2 is 1.33 bits per heavy atom. The summed E-state index contributed by atoms with van der Waals surface area (Å²) in [6, 6.07) is 9.59. The van der Waals surface area contributed by atoms with E-state index in [4.69, 9.17) is 0 Å². The second-order valence-corrected chi connectivity index (χ2v) is 6.96. The van der Waals surface area contributed by atoms with Crippen molar-refractivity contribution in [2.24, 2.45) is 0 Å². The molecule has 10 nitrogen and oxygen atoms in total. The van der Waals surface area contributed by atoms with E-state index in [1.807, 2.05) is 13.8 Å². The molecule has 0 aliphatic carbocycles. The number of aryl methyl sites for hydroxylation is 2. The molecule has 4 rings (SSSR count). The van der Waals surface area contributed by atoms with Crippen molar-refractivity contribution in [1.29, 1.82) is 0 Å². The summed E-state index contributed by atoms with van der Waals surface area (Å²) in [7, 11) is 0. The Kier molecular flexibility index (Phi) is 4.19.